The minimum absolute atomic E-state index is 0.0990. The molecule has 0 saturated carbocycles. The molecule has 0 spiro atoms. The van der Waals surface area contributed by atoms with E-state index in [0.29, 0.717) is 5.39 Å². The van der Waals surface area contributed by atoms with Gasteiger partial charge in [0.25, 0.3) is 0 Å². The minimum Gasteiger partial charge on any atom is -0.461 e. The maximum atomic E-state index is 13.9. The average molecular weight is 239 g/mol. The van der Waals surface area contributed by atoms with Gasteiger partial charge in [0.2, 0.25) is 0 Å². The lowest BCUT2D eigenvalue weighted by Crippen LogP contribution is -2.32. The number of nitrogens with one attached hydrogen (secondary N) is 1. The molecule has 5 heteroatoms. The highest BCUT2D eigenvalue weighted by molar-refractivity contribution is 6.02. The fourth-order valence-corrected chi connectivity index (χ4v) is 1.61. The molecule has 90 valence electrons. The van der Waals surface area contributed by atoms with Crippen molar-refractivity contribution in [3.05, 3.63) is 35.6 Å². The number of halogens is 2. The molecule has 0 fully saturated rings. The molecule has 0 unspecified atom stereocenters. The number of hydrogen-bond donors (Lipinski definition) is 1. The molecular weight excluding hydrogens is 228 g/mol. The first-order valence-corrected chi connectivity index (χ1v) is 5.13. The fourth-order valence-electron chi connectivity index (χ4n) is 1.61. The quantitative estimate of drug-likeness (QED) is 0.837. The molecule has 0 bridgehead atoms. The lowest BCUT2D eigenvalue weighted by atomic mass is 10.0. The van der Waals surface area contributed by atoms with Gasteiger partial charge in [-0.05, 0) is 26.1 Å². The maximum absolute atomic E-state index is 13.9. The fraction of sp³-hybridized carbons (Fsp3) is 0.250. The van der Waals surface area contributed by atoms with Gasteiger partial charge in [0, 0.05) is 5.39 Å². The molecular formula is C12H11F2NO2. The van der Waals surface area contributed by atoms with Crippen molar-refractivity contribution in [2.45, 2.75) is 13.0 Å². The van der Waals surface area contributed by atoms with Crippen LogP contribution in [0, 0.1) is 11.6 Å². The first kappa shape index (κ1) is 11.7. The number of fused-ring (bicyclic) bond motifs is 1. The van der Waals surface area contributed by atoms with Gasteiger partial charge >= 0.3 is 0 Å². The van der Waals surface area contributed by atoms with Crippen molar-refractivity contribution >= 4 is 16.8 Å². The molecule has 1 aromatic heterocycles. The summed E-state index contributed by atoms with van der Waals surface area (Å²) < 4.78 is 32.5. The molecule has 0 aliphatic carbocycles. The van der Waals surface area contributed by atoms with Gasteiger partial charge in [0.1, 0.15) is 5.82 Å². The SMILES string of the molecule is CN[C@@H](C)C(=O)c1c(F)cc2ccoc2c1F. The first-order chi connectivity index (χ1) is 8.06. The van der Waals surface area contributed by atoms with Gasteiger partial charge in [-0.25, -0.2) is 8.78 Å². The highest BCUT2D eigenvalue weighted by Gasteiger charge is 2.25. The van der Waals surface area contributed by atoms with Gasteiger partial charge in [0.05, 0.1) is 17.9 Å². The molecule has 17 heavy (non-hydrogen) atoms. The smallest absolute Gasteiger partial charge is 0.185 e. The largest absolute Gasteiger partial charge is 0.461 e. The molecule has 1 N–H and O–H groups in total. The van der Waals surface area contributed by atoms with Crippen LogP contribution in [0.4, 0.5) is 8.78 Å². The molecule has 3 nitrogen and oxygen atoms in total. The van der Waals surface area contributed by atoms with Crippen molar-refractivity contribution in [3.63, 3.8) is 0 Å². The van der Waals surface area contributed by atoms with Gasteiger partial charge < -0.3 is 9.73 Å². The number of carbonyl (C=O) groups excluding carboxylic acids is 1. The van der Waals surface area contributed by atoms with Crippen molar-refractivity contribution in [1.82, 2.24) is 5.32 Å². The van der Waals surface area contributed by atoms with Crippen molar-refractivity contribution < 1.29 is 18.0 Å². The number of likely N-dealkylation sites (N-methyl/N-ethyl adjacent to an activating group) is 1. The van der Waals surface area contributed by atoms with Gasteiger partial charge in [-0.15, -0.1) is 0 Å². The number of carbonyl (C=O) groups is 1. The molecule has 0 aliphatic rings. The molecule has 1 atom stereocenters. The van der Waals surface area contributed by atoms with E-state index in [2.05, 4.69) is 5.32 Å². The van der Waals surface area contributed by atoms with Crippen LogP contribution in [0.2, 0.25) is 0 Å². The predicted molar refractivity (Wildman–Crippen MR) is 59.0 cm³/mol. The summed E-state index contributed by atoms with van der Waals surface area (Å²) in [5.74, 6) is -2.46. The summed E-state index contributed by atoms with van der Waals surface area (Å²) in [5.41, 5.74) is -0.660. The normalized spacial score (nSPS) is 12.9. The van der Waals surface area contributed by atoms with Crippen molar-refractivity contribution in [2.75, 3.05) is 7.05 Å². The highest BCUT2D eigenvalue weighted by Crippen LogP contribution is 2.25. The van der Waals surface area contributed by atoms with E-state index in [1.165, 1.54) is 19.3 Å². The third-order valence-electron chi connectivity index (χ3n) is 2.71. The van der Waals surface area contributed by atoms with Crippen LogP contribution in [-0.2, 0) is 0 Å². The van der Waals surface area contributed by atoms with E-state index in [1.54, 1.807) is 7.05 Å². The highest BCUT2D eigenvalue weighted by atomic mass is 19.1. The number of furan rings is 1. The summed E-state index contributed by atoms with van der Waals surface area (Å²) in [5, 5.41) is 2.95. The molecule has 0 aliphatic heterocycles. The third kappa shape index (κ3) is 1.82. The van der Waals surface area contributed by atoms with E-state index < -0.39 is 29.0 Å². The maximum Gasteiger partial charge on any atom is 0.185 e. The monoisotopic (exact) mass is 239 g/mol. The topological polar surface area (TPSA) is 42.2 Å². The molecule has 1 heterocycles. The van der Waals surface area contributed by atoms with Gasteiger partial charge in [-0.2, -0.15) is 0 Å². The molecule has 0 saturated heterocycles. The Morgan fingerprint density at radius 2 is 2.18 bits per heavy atom. The van der Waals surface area contributed by atoms with Crippen LogP contribution >= 0.6 is 0 Å². The second kappa shape index (κ2) is 4.25. The minimum atomic E-state index is -0.947. The zero-order valence-corrected chi connectivity index (χ0v) is 9.38. The number of rotatable bonds is 3. The van der Waals surface area contributed by atoms with Crippen molar-refractivity contribution in [3.8, 4) is 0 Å². The van der Waals surface area contributed by atoms with Crippen LogP contribution in [-0.4, -0.2) is 18.9 Å². The van der Waals surface area contributed by atoms with E-state index in [1.807, 2.05) is 0 Å². The second-order valence-corrected chi connectivity index (χ2v) is 3.76. The van der Waals surface area contributed by atoms with Crippen molar-refractivity contribution in [1.29, 1.82) is 0 Å². The number of benzene rings is 1. The zero-order valence-electron chi connectivity index (χ0n) is 9.38. The number of hydrogen-bond acceptors (Lipinski definition) is 3. The Balaban J connectivity index is 2.64. The molecule has 0 radical (unpaired) electrons. The Morgan fingerprint density at radius 1 is 1.47 bits per heavy atom. The Morgan fingerprint density at radius 3 is 2.82 bits per heavy atom. The second-order valence-electron chi connectivity index (χ2n) is 3.76. The van der Waals surface area contributed by atoms with E-state index >= 15 is 0 Å². The standard InChI is InChI=1S/C12H11F2NO2/c1-6(15-2)11(16)9-8(13)5-7-3-4-17-12(7)10(9)14/h3-6,15H,1-2H3/t6-/m0/s1. The lowest BCUT2D eigenvalue weighted by Gasteiger charge is -2.10. The summed E-state index contributed by atoms with van der Waals surface area (Å²) in [6.07, 6.45) is 1.25. The molecule has 0 amide bonds. The number of ketones is 1. The summed E-state index contributed by atoms with van der Waals surface area (Å²) in [7, 11) is 1.55. The van der Waals surface area contributed by atoms with Gasteiger partial charge in [-0.3, -0.25) is 4.79 Å². The van der Waals surface area contributed by atoms with Crippen molar-refractivity contribution in [2.24, 2.45) is 0 Å². The summed E-state index contributed by atoms with van der Waals surface area (Å²) in [6, 6.07) is 1.88. The van der Waals surface area contributed by atoms with Crippen LogP contribution in [0.15, 0.2) is 22.8 Å². The third-order valence-corrected chi connectivity index (χ3v) is 2.71. The van der Waals surface area contributed by atoms with E-state index in [9.17, 15) is 13.6 Å². The Hall–Kier alpha value is -1.75. The molecule has 2 aromatic rings. The number of Topliss-reactive ketones (excluding diaryl/α,β-unsaturated/α-hetero) is 1. The Kier molecular flexibility index (Phi) is 2.93. The lowest BCUT2D eigenvalue weighted by molar-refractivity contribution is 0.0946. The van der Waals surface area contributed by atoms with Gasteiger partial charge in [-0.1, -0.05) is 0 Å². The van der Waals surface area contributed by atoms with Crippen LogP contribution < -0.4 is 5.32 Å². The van der Waals surface area contributed by atoms with Crippen LogP contribution in [0.1, 0.15) is 17.3 Å². The average Bonchev–Trinajstić information content (AvgIpc) is 2.75. The van der Waals surface area contributed by atoms with Gasteiger partial charge in [0.15, 0.2) is 17.2 Å². The summed E-state index contributed by atoms with van der Waals surface area (Å²) in [4.78, 5) is 11.8. The Bertz CT molecular complexity index is 577. The van der Waals surface area contributed by atoms with E-state index in [-0.39, 0.29) is 5.58 Å². The van der Waals surface area contributed by atoms with E-state index in [0.717, 1.165) is 6.07 Å². The zero-order chi connectivity index (χ0) is 12.6. The Labute approximate surface area is 96.4 Å². The van der Waals surface area contributed by atoms with Crippen LogP contribution in [0.5, 0.6) is 0 Å². The molecule has 1 aromatic carbocycles. The summed E-state index contributed by atoms with van der Waals surface area (Å²) >= 11 is 0. The van der Waals surface area contributed by atoms with Crippen LogP contribution in [0.25, 0.3) is 11.0 Å². The molecule has 2 rings (SSSR count). The predicted octanol–water partition coefficient (Wildman–Crippen LogP) is 2.50. The van der Waals surface area contributed by atoms with E-state index in [4.69, 9.17) is 4.42 Å². The summed E-state index contributed by atoms with van der Waals surface area (Å²) in [6.45, 7) is 1.54. The first-order valence-electron chi connectivity index (χ1n) is 5.13. The van der Waals surface area contributed by atoms with Crippen LogP contribution in [0.3, 0.4) is 0 Å².